The van der Waals surface area contributed by atoms with Crippen LogP contribution in [0, 0.1) is 6.92 Å². The van der Waals surface area contributed by atoms with Crippen LogP contribution >= 0.6 is 11.3 Å². The van der Waals surface area contributed by atoms with Crippen molar-refractivity contribution in [1.82, 2.24) is 14.8 Å². The highest BCUT2D eigenvalue weighted by Gasteiger charge is 2.48. The van der Waals surface area contributed by atoms with Crippen LogP contribution in [-0.4, -0.2) is 45.2 Å². The number of carbonyl (C=O) groups excluding carboxylic acids is 2. The first-order valence-corrected chi connectivity index (χ1v) is 8.55. The Morgan fingerprint density at radius 3 is 3.04 bits per heavy atom. The summed E-state index contributed by atoms with van der Waals surface area (Å²) in [4.78, 5) is 33.1. The molecule has 4 rings (SSSR count). The zero-order valence-electron chi connectivity index (χ0n) is 12.8. The van der Waals surface area contributed by atoms with Gasteiger partial charge in [0.1, 0.15) is 6.26 Å². The fourth-order valence-corrected chi connectivity index (χ4v) is 4.20. The number of nitrogens with zero attached hydrogens (tertiary/aromatic N) is 3. The number of rotatable bonds is 3. The standard InChI is InChI=1S/C16H17N3O3S/c1-10-17-12(9-23-10)7-19-13-2-4-18(14(13)6-15(19)20)16(21)11-3-5-22-8-11/h3,5,8-9,13-14H,2,4,6-7H2,1H3/t13-,14+/m1/s1. The summed E-state index contributed by atoms with van der Waals surface area (Å²) in [5, 5.41) is 3.01. The van der Waals surface area contributed by atoms with Crippen LogP contribution in [-0.2, 0) is 11.3 Å². The number of thiazole rings is 1. The van der Waals surface area contributed by atoms with Crippen LogP contribution in [0.5, 0.6) is 0 Å². The van der Waals surface area contributed by atoms with Gasteiger partial charge in [0, 0.05) is 18.3 Å². The molecule has 2 aliphatic rings. The summed E-state index contributed by atoms with van der Waals surface area (Å²) in [6.45, 7) is 3.18. The molecule has 2 amide bonds. The van der Waals surface area contributed by atoms with E-state index in [1.807, 2.05) is 22.1 Å². The van der Waals surface area contributed by atoms with Crippen LogP contribution in [0.1, 0.15) is 33.9 Å². The summed E-state index contributed by atoms with van der Waals surface area (Å²) < 4.78 is 5.00. The van der Waals surface area contributed by atoms with Crippen LogP contribution in [0.3, 0.4) is 0 Å². The minimum absolute atomic E-state index is 0.0374. The number of amides is 2. The zero-order valence-corrected chi connectivity index (χ0v) is 13.6. The van der Waals surface area contributed by atoms with Crippen LogP contribution in [0.2, 0.25) is 0 Å². The number of hydrogen-bond acceptors (Lipinski definition) is 5. The third kappa shape index (κ3) is 2.45. The third-order valence-electron chi connectivity index (χ3n) is 4.64. The number of furan rings is 1. The van der Waals surface area contributed by atoms with Crippen molar-refractivity contribution >= 4 is 23.2 Å². The van der Waals surface area contributed by atoms with Crippen molar-refractivity contribution in [3.8, 4) is 0 Å². The molecule has 0 bridgehead atoms. The Balaban J connectivity index is 1.52. The molecule has 0 N–H and O–H groups in total. The molecule has 0 spiro atoms. The van der Waals surface area contributed by atoms with Gasteiger partial charge < -0.3 is 14.2 Å². The predicted molar refractivity (Wildman–Crippen MR) is 84.0 cm³/mol. The highest BCUT2D eigenvalue weighted by Crippen LogP contribution is 2.34. The van der Waals surface area contributed by atoms with Gasteiger partial charge in [-0.25, -0.2) is 4.98 Å². The third-order valence-corrected chi connectivity index (χ3v) is 5.46. The molecule has 23 heavy (non-hydrogen) atoms. The fourth-order valence-electron chi connectivity index (χ4n) is 3.59. The van der Waals surface area contributed by atoms with Crippen molar-refractivity contribution in [2.24, 2.45) is 0 Å². The van der Waals surface area contributed by atoms with Crippen LogP contribution < -0.4 is 0 Å². The Morgan fingerprint density at radius 2 is 2.35 bits per heavy atom. The molecular formula is C16H17N3O3S. The van der Waals surface area contributed by atoms with Gasteiger partial charge in [-0.3, -0.25) is 9.59 Å². The SMILES string of the molecule is Cc1nc(CN2C(=O)C[C@H]3[C@H]2CCN3C(=O)c2ccoc2)cs1. The summed E-state index contributed by atoms with van der Waals surface area (Å²) in [6, 6.07) is 1.73. The molecule has 0 aromatic carbocycles. The lowest BCUT2D eigenvalue weighted by atomic mass is 10.1. The molecule has 0 saturated carbocycles. The van der Waals surface area contributed by atoms with E-state index in [9.17, 15) is 9.59 Å². The van der Waals surface area contributed by atoms with Gasteiger partial charge in [-0.2, -0.15) is 0 Å². The quantitative estimate of drug-likeness (QED) is 0.863. The molecule has 2 fully saturated rings. The van der Waals surface area contributed by atoms with Crippen molar-refractivity contribution in [1.29, 1.82) is 0 Å². The number of carbonyl (C=O) groups is 2. The van der Waals surface area contributed by atoms with Gasteiger partial charge in [0.05, 0.1) is 41.2 Å². The molecule has 6 nitrogen and oxygen atoms in total. The Bertz CT molecular complexity index is 740. The van der Waals surface area contributed by atoms with Gasteiger partial charge in [0.2, 0.25) is 5.91 Å². The molecular weight excluding hydrogens is 314 g/mol. The van der Waals surface area contributed by atoms with E-state index in [1.165, 1.54) is 12.5 Å². The minimum atomic E-state index is -0.0506. The second-order valence-corrected chi connectivity index (χ2v) is 7.08. The average molecular weight is 331 g/mol. The minimum Gasteiger partial charge on any atom is -0.472 e. The Labute approximate surface area is 137 Å². The monoisotopic (exact) mass is 331 g/mol. The van der Waals surface area contributed by atoms with Crippen molar-refractivity contribution in [3.63, 3.8) is 0 Å². The maximum atomic E-state index is 12.6. The van der Waals surface area contributed by atoms with Gasteiger partial charge in [-0.15, -0.1) is 11.3 Å². The molecule has 0 unspecified atom stereocenters. The Hall–Kier alpha value is -2.15. The van der Waals surface area contributed by atoms with Crippen molar-refractivity contribution in [2.45, 2.75) is 38.4 Å². The molecule has 2 atom stereocenters. The molecule has 2 saturated heterocycles. The number of likely N-dealkylation sites (tertiary alicyclic amines) is 2. The second-order valence-electron chi connectivity index (χ2n) is 6.02. The van der Waals surface area contributed by atoms with Crippen LogP contribution in [0.15, 0.2) is 28.4 Å². The molecule has 2 aliphatic heterocycles. The van der Waals surface area contributed by atoms with Crippen molar-refractivity contribution < 1.29 is 14.0 Å². The molecule has 120 valence electrons. The van der Waals surface area contributed by atoms with Crippen LogP contribution in [0.4, 0.5) is 0 Å². The number of aromatic nitrogens is 1. The van der Waals surface area contributed by atoms with Crippen molar-refractivity contribution in [2.75, 3.05) is 6.54 Å². The Kier molecular flexibility index (Phi) is 3.45. The molecule has 4 heterocycles. The zero-order chi connectivity index (χ0) is 16.0. The Morgan fingerprint density at radius 1 is 1.48 bits per heavy atom. The van der Waals surface area contributed by atoms with Crippen molar-refractivity contribution in [3.05, 3.63) is 40.2 Å². The van der Waals surface area contributed by atoms with Gasteiger partial charge in [-0.1, -0.05) is 0 Å². The van der Waals surface area contributed by atoms with Gasteiger partial charge >= 0.3 is 0 Å². The fraction of sp³-hybridized carbons (Fsp3) is 0.438. The summed E-state index contributed by atoms with van der Waals surface area (Å²) in [5.74, 6) is 0.0562. The first-order valence-electron chi connectivity index (χ1n) is 7.67. The number of fused-ring (bicyclic) bond motifs is 1. The van der Waals surface area contributed by atoms with E-state index in [0.717, 1.165) is 17.1 Å². The number of aryl methyl sites for hydroxylation is 1. The average Bonchev–Trinajstić information content (AvgIpc) is 3.27. The van der Waals surface area contributed by atoms with E-state index < -0.39 is 0 Å². The molecule has 7 heteroatoms. The van der Waals surface area contributed by atoms with Gasteiger partial charge in [0.15, 0.2) is 0 Å². The van der Waals surface area contributed by atoms with E-state index in [-0.39, 0.29) is 23.9 Å². The van der Waals surface area contributed by atoms with E-state index >= 15 is 0 Å². The first-order chi connectivity index (χ1) is 11.1. The first kappa shape index (κ1) is 14.4. The summed E-state index contributed by atoms with van der Waals surface area (Å²) in [6.07, 6.45) is 4.18. The number of hydrogen-bond donors (Lipinski definition) is 0. The van der Waals surface area contributed by atoms with E-state index in [0.29, 0.717) is 25.1 Å². The highest BCUT2D eigenvalue weighted by atomic mass is 32.1. The lowest BCUT2D eigenvalue weighted by molar-refractivity contribution is -0.129. The second kappa shape index (κ2) is 5.49. The smallest absolute Gasteiger partial charge is 0.257 e. The summed E-state index contributed by atoms with van der Waals surface area (Å²) in [7, 11) is 0. The highest BCUT2D eigenvalue weighted by molar-refractivity contribution is 7.09. The van der Waals surface area contributed by atoms with E-state index in [2.05, 4.69) is 4.98 Å². The summed E-state index contributed by atoms with van der Waals surface area (Å²) >= 11 is 1.59. The normalized spacial score (nSPS) is 23.6. The van der Waals surface area contributed by atoms with E-state index in [1.54, 1.807) is 17.4 Å². The summed E-state index contributed by atoms with van der Waals surface area (Å²) in [5.41, 5.74) is 1.48. The predicted octanol–water partition coefficient (Wildman–Crippen LogP) is 2.06. The molecule has 0 radical (unpaired) electrons. The maximum Gasteiger partial charge on any atom is 0.257 e. The molecule has 2 aromatic rings. The topological polar surface area (TPSA) is 66.7 Å². The van der Waals surface area contributed by atoms with Crippen LogP contribution in [0.25, 0.3) is 0 Å². The van der Waals surface area contributed by atoms with Gasteiger partial charge in [-0.05, 0) is 19.4 Å². The van der Waals surface area contributed by atoms with Gasteiger partial charge in [0.25, 0.3) is 5.91 Å². The lowest BCUT2D eigenvalue weighted by Crippen LogP contribution is -2.39. The lowest BCUT2D eigenvalue weighted by Gasteiger charge is -2.24. The van der Waals surface area contributed by atoms with E-state index in [4.69, 9.17) is 4.42 Å². The molecule has 0 aliphatic carbocycles. The largest absolute Gasteiger partial charge is 0.472 e. The maximum absolute atomic E-state index is 12.6. The molecule has 2 aromatic heterocycles.